The van der Waals surface area contributed by atoms with Gasteiger partial charge in [0.05, 0.1) is 10.7 Å². The first-order valence-electron chi connectivity index (χ1n) is 6.16. The van der Waals surface area contributed by atoms with Crippen LogP contribution in [-0.2, 0) is 0 Å². The van der Waals surface area contributed by atoms with E-state index in [9.17, 15) is 4.39 Å². The van der Waals surface area contributed by atoms with Crippen LogP contribution in [0.2, 0.25) is 5.02 Å². The van der Waals surface area contributed by atoms with Gasteiger partial charge in [-0.25, -0.2) is 4.39 Å². The van der Waals surface area contributed by atoms with E-state index in [4.69, 9.17) is 17.3 Å². The number of nitrogens with two attached hydrogens (primary N) is 1. The highest BCUT2D eigenvalue weighted by Crippen LogP contribution is 2.27. The fraction of sp³-hybridized carbons (Fsp3) is 0.0714. The molecule has 0 aliphatic rings. The van der Waals surface area contributed by atoms with Crippen LogP contribution in [0.4, 0.5) is 10.1 Å². The largest absolute Gasteiger partial charge is 0.399 e. The van der Waals surface area contributed by atoms with Gasteiger partial charge in [-0.05, 0) is 59.3 Å². The van der Waals surface area contributed by atoms with E-state index in [0.717, 1.165) is 11.1 Å². The molecular formula is C14H11ClFN5. The summed E-state index contributed by atoms with van der Waals surface area (Å²) in [6.07, 6.45) is 0. The standard InChI is InChI=1S/C14H11ClFN5/c1-8-6-10(17)3-4-11(8)14-18-19-20-21(14)13-5-2-9(16)7-12(13)15/h2-7H,17H2,1H3. The number of nitrogen functional groups attached to an aromatic ring is 1. The number of nitrogens with zero attached hydrogens (tertiary/aromatic N) is 4. The Labute approximate surface area is 125 Å². The molecule has 0 saturated carbocycles. The molecule has 21 heavy (non-hydrogen) atoms. The summed E-state index contributed by atoms with van der Waals surface area (Å²) in [6, 6.07) is 9.50. The molecule has 0 bridgehead atoms. The Balaban J connectivity index is 2.17. The van der Waals surface area contributed by atoms with Crippen LogP contribution in [0.5, 0.6) is 0 Å². The summed E-state index contributed by atoms with van der Waals surface area (Å²) in [5, 5.41) is 11.9. The van der Waals surface area contributed by atoms with Crippen LogP contribution in [0.3, 0.4) is 0 Å². The molecule has 1 heterocycles. The van der Waals surface area contributed by atoms with Crippen molar-refractivity contribution in [3.05, 3.63) is 52.8 Å². The lowest BCUT2D eigenvalue weighted by Gasteiger charge is -2.09. The van der Waals surface area contributed by atoms with Crippen molar-refractivity contribution in [1.82, 2.24) is 20.2 Å². The van der Waals surface area contributed by atoms with E-state index in [-0.39, 0.29) is 5.02 Å². The van der Waals surface area contributed by atoms with Gasteiger partial charge in [-0.1, -0.05) is 11.6 Å². The van der Waals surface area contributed by atoms with E-state index < -0.39 is 5.82 Å². The third-order valence-electron chi connectivity index (χ3n) is 3.10. The Morgan fingerprint density at radius 1 is 1.19 bits per heavy atom. The summed E-state index contributed by atoms with van der Waals surface area (Å²) in [6.45, 7) is 1.91. The van der Waals surface area contributed by atoms with E-state index in [0.29, 0.717) is 17.2 Å². The first-order valence-corrected chi connectivity index (χ1v) is 6.54. The van der Waals surface area contributed by atoms with E-state index in [1.165, 1.54) is 22.9 Å². The molecule has 0 unspecified atom stereocenters. The van der Waals surface area contributed by atoms with Crippen LogP contribution in [0.15, 0.2) is 36.4 Å². The third kappa shape index (κ3) is 2.45. The molecule has 3 rings (SSSR count). The number of aryl methyl sites for hydroxylation is 1. The molecule has 7 heteroatoms. The Morgan fingerprint density at radius 2 is 2.00 bits per heavy atom. The summed E-state index contributed by atoms with van der Waals surface area (Å²) in [4.78, 5) is 0. The van der Waals surface area contributed by atoms with E-state index in [2.05, 4.69) is 15.5 Å². The molecule has 2 N–H and O–H groups in total. The number of hydrogen-bond acceptors (Lipinski definition) is 4. The molecular weight excluding hydrogens is 293 g/mol. The summed E-state index contributed by atoms with van der Waals surface area (Å²) in [5.41, 5.74) is 8.68. The minimum atomic E-state index is -0.415. The molecule has 0 atom stereocenters. The predicted octanol–water partition coefficient (Wildman–Crippen LogP) is 3.01. The van der Waals surface area contributed by atoms with E-state index in [1.54, 1.807) is 6.07 Å². The van der Waals surface area contributed by atoms with Gasteiger partial charge in [0.2, 0.25) is 0 Å². The highest BCUT2D eigenvalue weighted by Gasteiger charge is 2.15. The first kappa shape index (κ1) is 13.5. The van der Waals surface area contributed by atoms with Crippen LogP contribution in [0.25, 0.3) is 17.1 Å². The number of hydrogen-bond donors (Lipinski definition) is 1. The number of tetrazole rings is 1. The molecule has 5 nitrogen and oxygen atoms in total. The molecule has 0 aliphatic carbocycles. The maximum atomic E-state index is 13.2. The van der Waals surface area contributed by atoms with Crippen LogP contribution in [0, 0.1) is 12.7 Å². The van der Waals surface area contributed by atoms with Gasteiger partial charge in [0.1, 0.15) is 5.82 Å². The molecule has 3 aromatic rings. The molecule has 0 amide bonds. The van der Waals surface area contributed by atoms with Crippen molar-refractivity contribution in [3.63, 3.8) is 0 Å². The van der Waals surface area contributed by atoms with Crippen molar-refractivity contribution >= 4 is 17.3 Å². The molecule has 0 fully saturated rings. The van der Waals surface area contributed by atoms with Crippen molar-refractivity contribution in [3.8, 4) is 17.1 Å². The zero-order chi connectivity index (χ0) is 15.0. The maximum Gasteiger partial charge on any atom is 0.187 e. The van der Waals surface area contributed by atoms with E-state index >= 15 is 0 Å². The van der Waals surface area contributed by atoms with Crippen LogP contribution >= 0.6 is 11.6 Å². The molecule has 1 aromatic heterocycles. The van der Waals surface area contributed by atoms with Crippen molar-refractivity contribution in [2.75, 3.05) is 5.73 Å². The highest BCUT2D eigenvalue weighted by atomic mass is 35.5. The molecule has 0 aliphatic heterocycles. The van der Waals surface area contributed by atoms with E-state index in [1.807, 2.05) is 19.1 Å². The second-order valence-corrected chi connectivity index (χ2v) is 4.99. The summed E-state index contributed by atoms with van der Waals surface area (Å²) < 4.78 is 14.6. The van der Waals surface area contributed by atoms with Crippen molar-refractivity contribution in [1.29, 1.82) is 0 Å². The van der Waals surface area contributed by atoms with Gasteiger partial charge in [-0.3, -0.25) is 0 Å². The number of benzene rings is 2. The van der Waals surface area contributed by atoms with Crippen molar-refractivity contribution < 1.29 is 4.39 Å². The quantitative estimate of drug-likeness (QED) is 0.739. The topological polar surface area (TPSA) is 69.6 Å². The van der Waals surface area contributed by atoms with Gasteiger partial charge in [-0.15, -0.1) is 5.10 Å². The zero-order valence-electron chi connectivity index (χ0n) is 11.1. The average molecular weight is 304 g/mol. The van der Waals surface area contributed by atoms with Crippen molar-refractivity contribution in [2.24, 2.45) is 0 Å². The smallest absolute Gasteiger partial charge is 0.187 e. The third-order valence-corrected chi connectivity index (χ3v) is 3.40. The first-order chi connectivity index (χ1) is 10.1. The second-order valence-electron chi connectivity index (χ2n) is 4.58. The lowest BCUT2D eigenvalue weighted by molar-refractivity contribution is 0.627. The lowest BCUT2D eigenvalue weighted by Crippen LogP contribution is -2.02. The number of halogens is 2. The van der Waals surface area contributed by atoms with Crippen LogP contribution in [0.1, 0.15) is 5.56 Å². The van der Waals surface area contributed by atoms with Gasteiger partial charge < -0.3 is 5.73 Å². The summed E-state index contributed by atoms with van der Waals surface area (Å²) >= 11 is 6.07. The average Bonchev–Trinajstić information content (AvgIpc) is 2.87. The molecule has 106 valence electrons. The SMILES string of the molecule is Cc1cc(N)ccc1-c1nnnn1-c1ccc(F)cc1Cl. The van der Waals surface area contributed by atoms with Crippen molar-refractivity contribution in [2.45, 2.75) is 6.92 Å². The lowest BCUT2D eigenvalue weighted by atomic mass is 10.1. The monoisotopic (exact) mass is 303 g/mol. The Kier molecular flexibility index (Phi) is 3.31. The fourth-order valence-corrected chi connectivity index (χ4v) is 2.36. The second kappa shape index (κ2) is 5.14. The Bertz CT molecular complexity index is 749. The van der Waals surface area contributed by atoms with Gasteiger partial charge in [0, 0.05) is 11.3 Å². The minimum absolute atomic E-state index is 0.233. The maximum absolute atomic E-state index is 13.2. The highest BCUT2D eigenvalue weighted by molar-refractivity contribution is 6.32. The predicted molar refractivity (Wildman–Crippen MR) is 78.7 cm³/mol. The van der Waals surface area contributed by atoms with Crippen LogP contribution < -0.4 is 5.73 Å². The van der Waals surface area contributed by atoms with Gasteiger partial charge in [0.15, 0.2) is 5.82 Å². The van der Waals surface area contributed by atoms with Gasteiger partial charge in [-0.2, -0.15) is 4.68 Å². The zero-order valence-corrected chi connectivity index (χ0v) is 11.8. The molecule has 0 spiro atoms. The van der Waals surface area contributed by atoms with Gasteiger partial charge >= 0.3 is 0 Å². The number of rotatable bonds is 2. The molecule has 0 radical (unpaired) electrons. The number of aromatic nitrogens is 4. The Morgan fingerprint density at radius 3 is 2.71 bits per heavy atom. The molecule has 2 aromatic carbocycles. The Hall–Kier alpha value is -2.47. The fourth-order valence-electron chi connectivity index (χ4n) is 2.11. The van der Waals surface area contributed by atoms with Crippen LogP contribution in [-0.4, -0.2) is 20.2 Å². The number of anilines is 1. The normalized spacial score (nSPS) is 10.8. The minimum Gasteiger partial charge on any atom is -0.399 e. The van der Waals surface area contributed by atoms with Gasteiger partial charge in [0.25, 0.3) is 0 Å². The summed E-state index contributed by atoms with van der Waals surface area (Å²) in [5.74, 6) is 0.100. The summed E-state index contributed by atoms with van der Waals surface area (Å²) in [7, 11) is 0. The molecule has 0 saturated heterocycles.